The summed E-state index contributed by atoms with van der Waals surface area (Å²) in [5.74, 6) is 1.62. The Labute approximate surface area is 189 Å². The van der Waals surface area contributed by atoms with E-state index in [-0.39, 0.29) is 24.0 Å². The number of amides is 1. The zero-order valence-electron chi connectivity index (χ0n) is 18.7. The molecule has 1 amide bonds. The molecule has 2 N–H and O–H groups in total. The number of carbonyl (C=O) groups excluding carboxylic acids is 1. The summed E-state index contributed by atoms with van der Waals surface area (Å²) in [6, 6.07) is 13.8. The molecule has 0 saturated carbocycles. The number of benzene rings is 2. The summed E-state index contributed by atoms with van der Waals surface area (Å²) < 4.78 is 10.8. The molecule has 168 valence electrons. The molecule has 0 unspecified atom stereocenters. The molecule has 2 aromatic rings. The van der Waals surface area contributed by atoms with Crippen LogP contribution >= 0.6 is 11.6 Å². The van der Waals surface area contributed by atoms with Gasteiger partial charge in [-0.3, -0.25) is 9.69 Å². The third kappa shape index (κ3) is 6.35. The van der Waals surface area contributed by atoms with Gasteiger partial charge in [-0.2, -0.15) is 0 Å². The fraction of sp³-hybridized carbons (Fsp3) is 0.458. The second-order valence-corrected chi connectivity index (χ2v) is 8.67. The molecule has 7 heteroatoms. The van der Waals surface area contributed by atoms with Crippen molar-refractivity contribution in [3.8, 4) is 11.5 Å². The molecule has 0 aromatic heterocycles. The van der Waals surface area contributed by atoms with Crippen molar-refractivity contribution in [3.63, 3.8) is 0 Å². The van der Waals surface area contributed by atoms with Gasteiger partial charge in [0.2, 0.25) is 5.91 Å². The average molecular weight is 446 g/mol. The van der Waals surface area contributed by atoms with Gasteiger partial charge in [-0.05, 0) is 44.0 Å². The molecule has 6 nitrogen and oxygen atoms in total. The maximum atomic E-state index is 12.9. The highest BCUT2D eigenvalue weighted by Crippen LogP contribution is 2.26. The summed E-state index contributed by atoms with van der Waals surface area (Å²) in [7, 11) is 3.30. The number of nitrogens with one attached hydrogen (secondary N) is 2. The molecular weight excluding hydrogens is 414 g/mol. The highest BCUT2D eigenvalue weighted by atomic mass is 35.5. The van der Waals surface area contributed by atoms with Gasteiger partial charge in [0.1, 0.15) is 11.5 Å². The topological polar surface area (TPSA) is 62.8 Å². The summed E-state index contributed by atoms with van der Waals surface area (Å²) >= 11 is 6.16. The number of nitrogens with zero attached hydrogens (tertiary/aromatic N) is 1. The van der Waals surface area contributed by atoms with Crippen LogP contribution in [0.1, 0.15) is 31.4 Å². The van der Waals surface area contributed by atoms with Crippen LogP contribution in [0.2, 0.25) is 5.02 Å². The van der Waals surface area contributed by atoms with Crippen LogP contribution in [0.5, 0.6) is 11.5 Å². The first kappa shape index (κ1) is 23.4. The van der Waals surface area contributed by atoms with Crippen molar-refractivity contribution < 1.29 is 14.3 Å². The van der Waals surface area contributed by atoms with Gasteiger partial charge in [-0.1, -0.05) is 29.8 Å². The smallest absolute Gasteiger partial charge is 0.237 e. The lowest BCUT2D eigenvalue weighted by atomic mass is 10.1. The lowest BCUT2D eigenvalue weighted by molar-refractivity contribution is -0.126. The molecule has 0 radical (unpaired) electrons. The van der Waals surface area contributed by atoms with E-state index in [1.54, 1.807) is 14.2 Å². The van der Waals surface area contributed by atoms with Crippen molar-refractivity contribution in [2.45, 2.75) is 51.5 Å². The van der Waals surface area contributed by atoms with Crippen LogP contribution < -0.4 is 20.1 Å². The number of ether oxygens (including phenoxy) is 2. The summed E-state index contributed by atoms with van der Waals surface area (Å²) in [6.45, 7) is 6.09. The summed E-state index contributed by atoms with van der Waals surface area (Å²) in [6.07, 6.45) is 0.748. The van der Waals surface area contributed by atoms with E-state index in [9.17, 15) is 4.79 Å². The normalized spacial score (nSPS) is 18.9. The summed E-state index contributed by atoms with van der Waals surface area (Å²) in [4.78, 5) is 15.1. The van der Waals surface area contributed by atoms with Crippen LogP contribution in [0.4, 0.5) is 0 Å². The molecule has 3 rings (SSSR count). The number of carbonyl (C=O) groups is 1. The van der Waals surface area contributed by atoms with E-state index in [4.69, 9.17) is 21.1 Å². The highest BCUT2D eigenvalue weighted by molar-refractivity contribution is 6.30. The van der Waals surface area contributed by atoms with Gasteiger partial charge in [-0.15, -0.1) is 0 Å². The van der Waals surface area contributed by atoms with Crippen LogP contribution in [0.3, 0.4) is 0 Å². The predicted octanol–water partition coefficient (Wildman–Crippen LogP) is 3.61. The van der Waals surface area contributed by atoms with Crippen molar-refractivity contribution in [3.05, 3.63) is 58.6 Å². The largest absolute Gasteiger partial charge is 0.497 e. The van der Waals surface area contributed by atoms with Gasteiger partial charge < -0.3 is 20.1 Å². The molecule has 2 aromatic carbocycles. The Hall–Kier alpha value is -2.28. The minimum Gasteiger partial charge on any atom is -0.497 e. The van der Waals surface area contributed by atoms with Crippen LogP contribution in [0.25, 0.3) is 0 Å². The SMILES string of the molecule is COc1ccc(CN[C@@H]2C[C@@H](C(=O)NC(C)C)N(Cc3cccc(Cl)c3)C2)c(OC)c1. The Morgan fingerprint density at radius 3 is 2.68 bits per heavy atom. The minimum absolute atomic E-state index is 0.0726. The average Bonchev–Trinajstić information content (AvgIpc) is 3.14. The maximum Gasteiger partial charge on any atom is 0.237 e. The number of methoxy groups -OCH3 is 2. The highest BCUT2D eigenvalue weighted by Gasteiger charge is 2.36. The van der Waals surface area contributed by atoms with E-state index in [2.05, 4.69) is 15.5 Å². The quantitative estimate of drug-likeness (QED) is 0.617. The molecule has 1 aliphatic heterocycles. The van der Waals surface area contributed by atoms with E-state index in [0.717, 1.165) is 35.6 Å². The molecule has 31 heavy (non-hydrogen) atoms. The molecule has 0 spiro atoms. The van der Waals surface area contributed by atoms with Crippen molar-refractivity contribution in [2.75, 3.05) is 20.8 Å². The van der Waals surface area contributed by atoms with Crippen LogP contribution in [0.15, 0.2) is 42.5 Å². The zero-order valence-corrected chi connectivity index (χ0v) is 19.4. The Balaban J connectivity index is 1.69. The van der Waals surface area contributed by atoms with Crippen LogP contribution in [-0.2, 0) is 17.9 Å². The molecule has 1 fully saturated rings. The summed E-state index contributed by atoms with van der Waals surface area (Å²) in [5.41, 5.74) is 2.16. The first-order valence-electron chi connectivity index (χ1n) is 10.6. The number of rotatable bonds is 9. The number of hydrogen-bond donors (Lipinski definition) is 2. The van der Waals surface area contributed by atoms with Crippen molar-refractivity contribution in [1.82, 2.24) is 15.5 Å². The first-order chi connectivity index (χ1) is 14.9. The van der Waals surface area contributed by atoms with Gasteiger partial charge in [0.15, 0.2) is 0 Å². The third-order valence-corrected chi connectivity index (χ3v) is 5.72. The van der Waals surface area contributed by atoms with Crippen LogP contribution in [-0.4, -0.2) is 49.7 Å². The van der Waals surface area contributed by atoms with E-state index < -0.39 is 0 Å². The first-order valence-corrected chi connectivity index (χ1v) is 11.0. The molecule has 2 atom stereocenters. The predicted molar refractivity (Wildman–Crippen MR) is 124 cm³/mol. The second kappa shape index (κ2) is 10.8. The van der Waals surface area contributed by atoms with Crippen molar-refractivity contribution in [1.29, 1.82) is 0 Å². The standard InChI is InChI=1S/C24H32ClN3O3/c1-16(2)27-24(29)22-11-20(15-28(22)14-17-6-5-7-19(25)10-17)26-13-18-8-9-21(30-3)12-23(18)31-4/h5-10,12,16,20,22,26H,11,13-15H2,1-4H3,(H,27,29)/t20-,22+/m1/s1. The minimum atomic E-state index is -0.184. The maximum absolute atomic E-state index is 12.9. The summed E-state index contributed by atoms with van der Waals surface area (Å²) in [5, 5.41) is 7.39. The van der Waals surface area contributed by atoms with Gasteiger partial charge in [0.25, 0.3) is 0 Å². The molecule has 0 aliphatic carbocycles. The fourth-order valence-electron chi connectivity index (χ4n) is 4.00. The number of likely N-dealkylation sites (tertiary alicyclic amines) is 1. The second-order valence-electron chi connectivity index (χ2n) is 8.23. The lowest BCUT2D eigenvalue weighted by Crippen LogP contribution is -2.45. The van der Waals surface area contributed by atoms with Crippen LogP contribution in [0, 0.1) is 0 Å². The molecule has 1 saturated heterocycles. The van der Waals surface area contributed by atoms with Gasteiger partial charge >= 0.3 is 0 Å². The fourth-order valence-corrected chi connectivity index (χ4v) is 4.21. The molecule has 0 bridgehead atoms. The van der Waals surface area contributed by atoms with E-state index in [1.165, 1.54) is 0 Å². The zero-order chi connectivity index (χ0) is 22.4. The van der Waals surface area contributed by atoms with E-state index in [0.29, 0.717) is 18.1 Å². The van der Waals surface area contributed by atoms with E-state index in [1.807, 2.05) is 56.3 Å². The number of hydrogen-bond acceptors (Lipinski definition) is 5. The Bertz CT molecular complexity index is 890. The van der Waals surface area contributed by atoms with Gasteiger partial charge in [0, 0.05) is 48.4 Å². The third-order valence-electron chi connectivity index (χ3n) is 5.49. The van der Waals surface area contributed by atoms with Gasteiger partial charge in [-0.25, -0.2) is 0 Å². The molecule has 1 heterocycles. The Morgan fingerprint density at radius 2 is 2.00 bits per heavy atom. The van der Waals surface area contributed by atoms with Gasteiger partial charge in [0.05, 0.1) is 20.3 Å². The van der Waals surface area contributed by atoms with Crippen molar-refractivity contribution in [2.24, 2.45) is 0 Å². The Kier molecular flexibility index (Phi) is 8.18. The Morgan fingerprint density at radius 1 is 1.19 bits per heavy atom. The molecular formula is C24H32ClN3O3. The molecule has 1 aliphatic rings. The van der Waals surface area contributed by atoms with Crippen molar-refractivity contribution >= 4 is 17.5 Å². The van der Waals surface area contributed by atoms with E-state index >= 15 is 0 Å². The number of halogens is 1. The lowest BCUT2D eigenvalue weighted by Gasteiger charge is -2.24. The monoisotopic (exact) mass is 445 g/mol.